The predicted octanol–water partition coefficient (Wildman–Crippen LogP) is 4.10. The number of anilines is 2. The first kappa shape index (κ1) is 16.8. The number of hydrogen-bond donors (Lipinski definition) is 1. The molecule has 0 unspecified atom stereocenters. The zero-order valence-corrected chi connectivity index (χ0v) is 14.9. The highest BCUT2D eigenvalue weighted by atomic mass is 35.5. The summed E-state index contributed by atoms with van der Waals surface area (Å²) in [5, 5.41) is 5.04. The van der Waals surface area contributed by atoms with Gasteiger partial charge in [-0.3, -0.25) is 9.78 Å². The molecular formula is C20H18ClN3O2. The van der Waals surface area contributed by atoms with Gasteiger partial charge in [0.15, 0.2) is 0 Å². The Labute approximate surface area is 156 Å². The second-order valence-electron chi connectivity index (χ2n) is 6.13. The maximum atomic E-state index is 12.5. The van der Waals surface area contributed by atoms with Crippen LogP contribution in [0, 0.1) is 0 Å². The van der Waals surface area contributed by atoms with E-state index in [0.29, 0.717) is 36.9 Å². The van der Waals surface area contributed by atoms with Gasteiger partial charge in [0.2, 0.25) is 0 Å². The van der Waals surface area contributed by atoms with E-state index in [1.165, 1.54) is 0 Å². The van der Waals surface area contributed by atoms with E-state index in [1.54, 1.807) is 6.20 Å². The molecule has 4 rings (SSSR count). The van der Waals surface area contributed by atoms with Gasteiger partial charge in [-0.15, -0.1) is 0 Å². The zero-order chi connectivity index (χ0) is 17.9. The molecule has 2 heterocycles. The van der Waals surface area contributed by atoms with Crippen LogP contribution in [0.4, 0.5) is 11.4 Å². The minimum absolute atomic E-state index is 0.0452. The molecule has 0 radical (unpaired) electrons. The minimum Gasteiger partial charge on any atom is -0.378 e. The van der Waals surface area contributed by atoms with Gasteiger partial charge >= 0.3 is 0 Å². The SMILES string of the molecule is O=C(c1ccc(Nc2ccnc3cc(Cl)ccc23)cc1)N1CCOCC1. The van der Waals surface area contributed by atoms with Crippen molar-refractivity contribution in [2.24, 2.45) is 0 Å². The Bertz CT molecular complexity index is 937. The van der Waals surface area contributed by atoms with Gasteiger partial charge in [-0.05, 0) is 48.5 Å². The summed E-state index contributed by atoms with van der Waals surface area (Å²) in [6.45, 7) is 2.49. The number of benzene rings is 2. The Hall–Kier alpha value is -2.63. The van der Waals surface area contributed by atoms with Crippen LogP contribution in [0.3, 0.4) is 0 Å². The lowest BCUT2D eigenvalue weighted by Crippen LogP contribution is -2.40. The van der Waals surface area contributed by atoms with Crippen LogP contribution in [0.5, 0.6) is 0 Å². The number of pyridine rings is 1. The van der Waals surface area contributed by atoms with Crippen molar-refractivity contribution < 1.29 is 9.53 Å². The molecule has 26 heavy (non-hydrogen) atoms. The molecule has 3 aromatic rings. The van der Waals surface area contributed by atoms with E-state index in [2.05, 4.69) is 10.3 Å². The average Bonchev–Trinajstić information content (AvgIpc) is 2.69. The van der Waals surface area contributed by atoms with E-state index in [4.69, 9.17) is 16.3 Å². The average molecular weight is 368 g/mol. The van der Waals surface area contributed by atoms with Gasteiger partial charge in [-0.1, -0.05) is 11.6 Å². The standard InChI is InChI=1S/C20H18ClN3O2/c21-15-3-6-17-18(7-8-22-19(17)13-15)23-16-4-1-14(2-5-16)20(25)24-9-11-26-12-10-24/h1-8,13H,9-12H2,(H,22,23). The van der Waals surface area contributed by atoms with E-state index in [9.17, 15) is 4.79 Å². The van der Waals surface area contributed by atoms with Crippen LogP contribution in [-0.2, 0) is 4.74 Å². The first-order valence-corrected chi connectivity index (χ1v) is 8.87. The van der Waals surface area contributed by atoms with Gasteiger partial charge in [-0.25, -0.2) is 0 Å². The molecule has 0 atom stereocenters. The summed E-state index contributed by atoms with van der Waals surface area (Å²) in [5.41, 5.74) is 3.37. The van der Waals surface area contributed by atoms with E-state index < -0.39 is 0 Å². The van der Waals surface area contributed by atoms with Crippen LogP contribution in [0.25, 0.3) is 10.9 Å². The quantitative estimate of drug-likeness (QED) is 0.757. The second-order valence-corrected chi connectivity index (χ2v) is 6.56. The number of nitrogens with one attached hydrogen (secondary N) is 1. The third-order valence-electron chi connectivity index (χ3n) is 4.41. The number of hydrogen-bond acceptors (Lipinski definition) is 4. The zero-order valence-electron chi connectivity index (χ0n) is 14.1. The van der Waals surface area contributed by atoms with E-state index in [-0.39, 0.29) is 5.91 Å². The molecule has 1 aromatic heterocycles. The molecule has 2 aromatic carbocycles. The molecule has 5 nitrogen and oxygen atoms in total. The summed E-state index contributed by atoms with van der Waals surface area (Å²) in [7, 11) is 0. The van der Waals surface area contributed by atoms with Crippen LogP contribution in [0.2, 0.25) is 5.02 Å². The number of fused-ring (bicyclic) bond motifs is 1. The number of carbonyl (C=O) groups excluding carboxylic acids is 1. The van der Waals surface area contributed by atoms with E-state index >= 15 is 0 Å². The number of morpholine rings is 1. The Morgan fingerprint density at radius 2 is 1.85 bits per heavy atom. The fourth-order valence-electron chi connectivity index (χ4n) is 3.03. The van der Waals surface area contributed by atoms with Gasteiger partial charge < -0.3 is 15.0 Å². The summed E-state index contributed by atoms with van der Waals surface area (Å²) in [6.07, 6.45) is 1.75. The van der Waals surface area contributed by atoms with Gasteiger partial charge in [0, 0.05) is 46.6 Å². The maximum Gasteiger partial charge on any atom is 0.254 e. The lowest BCUT2D eigenvalue weighted by atomic mass is 10.1. The summed E-state index contributed by atoms with van der Waals surface area (Å²) >= 11 is 6.04. The summed E-state index contributed by atoms with van der Waals surface area (Å²) in [5.74, 6) is 0.0452. The van der Waals surface area contributed by atoms with Gasteiger partial charge in [-0.2, -0.15) is 0 Å². The number of halogens is 1. The van der Waals surface area contributed by atoms with Crippen molar-refractivity contribution in [1.82, 2.24) is 9.88 Å². The fourth-order valence-corrected chi connectivity index (χ4v) is 3.20. The van der Waals surface area contributed by atoms with Crippen molar-refractivity contribution >= 4 is 39.8 Å². The third kappa shape index (κ3) is 3.49. The first-order chi connectivity index (χ1) is 12.7. The van der Waals surface area contributed by atoms with Crippen LogP contribution in [0.15, 0.2) is 54.7 Å². The highest BCUT2D eigenvalue weighted by Gasteiger charge is 2.18. The molecule has 1 N–H and O–H groups in total. The molecule has 1 saturated heterocycles. The molecule has 0 aliphatic carbocycles. The minimum atomic E-state index is 0.0452. The molecule has 1 aliphatic rings. The first-order valence-electron chi connectivity index (χ1n) is 8.49. The number of aromatic nitrogens is 1. The number of amides is 1. The number of ether oxygens (including phenoxy) is 1. The van der Waals surface area contributed by atoms with Gasteiger partial charge in [0.05, 0.1) is 18.7 Å². The van der Waals surface area contributed by atoms with Crippen molar-refractivity contribution in [1.29, 1.82) is 0 Å². The van der Waals surface area contributed by atoms with Crippen LogP contribution < -0.4 is 5.32 Å². The molecule has 1 amide bonds. The monoisotopic (exact) mass is 367 g/mol. The molecule has 1 aliphatic heterocycles. The van der Waals surface area contributed by atoms with Gasteiger partial charge in [0.1, 0.15) is 0 Å². The number of rotatable bonds is 3. The van der Waals surface area contributed by atoms with Crippen molar-refractivity contribution in [3.05, 3.63) is 65.3 Å². The lowest BCUT2D eigenvalue weighted by Gasteiger charge is -2.26. The maximum absolute atomic E-state index is 12.5. The molecule has 6 heteroatoms. The van der Waals surface area contributed by atoms with E-state index in [1.807, 2.05) is 53.4 Å². The Kier molecular flexibility index (Phi) is 4.73. The lowest BCUT2D eigenvalue weighted by molar-refractivity contribution is 0.0303. The third-order valence-corrected chi connectivity index (χ3v) is 4.65. The van der Waals surface area contributed by atoms with Crippen LogP contribution in [0.1, 0.15) is 10.4 Å². The summed E-state index contributed by atoms with van der Waals surface area (Å²) in [6, 6.07) is 15.1. The number of nitrogens with zero attached hydrogens (tertiary/aromatic N) is 2. The van der Waals surface area contributed by atoms with Crippen molar-refractivity contribution in [3.63, 3.8) is 0 Å². The predicted molar refractivity (Wildman–Crippen MR) is 103 cm³/mol. The van der Waals surface area contributed by atoms with Gasteiger partial charge in [0.25, 0.3) is 5.91 Å². The number of carbonyl (C=O) groups is 1. The topological polar surface area (TPSA) is 54.5 Å². The molecule has 0 bridgehead atoms. The van der Waals surface area contributed by atoms with E-state index in [0.717, 1.165) is 22.3 Å². The van der Waals surface area contributed by atoms with Crippen molar-refractivity contribution in [2.75, 3.05) is 31.6 Å². The Balaban J connectivity index is 1.54. The molecular weight excluding hydrogens is 350 g/mol. The van der Waals surface area contributed by atoms with Crippen molar-refractivity contribution in [2.45, 2.75) is 0 Å². The Morgan fingerprint density at radius 1 is 1.08 bits per heavy atom. The normalized spacial score (nSPS) is 14.4. The highest BCUT2D eigenvalue weighted by Crippen LogP contribution is 2.27. The van der Waals surface area contributed by atoms with Crippen LogP contribution in [-0.4, -0.2) is 42.1 Å². The smallest absolute Gasteiger partial charge is 0.254 e. The van der Waals surface area contributed by atoms with Crippen LogP contribution >= 0.6 is 11.6 Å². The summed E-state index contributed by atoms with van der Waals surface area (Å²) in [4.78, 5) is 18.7. The Morgan fingerprint density at radius 3 is 2.62 bits per heavy atom. The second kappa shape index (κ2) is 7.32. The molecule has 132 valence electrons. The molecule has 0 spiro atoms. The largest absolute Gasteiger partial charge is 0.378 e. The fraction of sp³-hybridized carbons (Fsp3) is 0.200. The molecule has 0 saturated carbocycles. The van der Waals surface area contributed by atoms with Crippen molar-refractivity contribution in [3.8, 4) is 0 Å². The summed E-state index contributed by atoms with van der Waals surface area (Å²) < 4.78 is 5.30. The molecule has 1 fully saturated rings. The highest BCUT2D eigenvalue weighted by molar-refractivity contribution is 6.31.